The van der Waals surface area contributed by atoms with Gasteiger partial charge < -0.3 is 4.74 Å². The predicted octanol–water partition coefficient (Wildman–Crippen LogP) is 2.91. The smallest absolute Gasteiger partial charge is 0.0471 e. The molecular formula is C10H15BrO. The highest BCUT2D eigenvalue weighted by atomic mass is 79.9. The van der Waals surface area contributed by atoms with E-state index in [1.807, 2.05) is 6.08 Å². The molecule has 0 amide bonds. The summed E-state index contributed by atoms with van der Waals surface area (Å²) in [4.78, 5) is 0. The maximum absolute atomic E-state index is 5.34. The van der Waals surface area contributed by atoms with Crippen molar-refractivity contribution in [3.63, 3.8) is 0 Å². The molecule has 2 heteroatoms. The van der Waals surface area contributed by atoms with Crippen LogP contribution >= 0.6 is 15.9 Å². The lowest BCUT2D eigenvalue weighted by molar-refractivity contribution is 0.0282. The molecule has 0 N–H and O–H groups in total. The van der Waals surface area contributed by atoms with Gasteiger partial charge in [-0.05, 0) is 30.8 Å². The Morgan fingerprint density at radius 2 is 2.17 bits per heavy atom. The normalized spacial score (nSPS) is 21.4. The first-order valence-electron chi connectivity index (χ1n) is 4.31. The number of hydrogen-bond acceptors (Lipinski definition) is 1. The van der Waals surface area contributed by atoms with E-state index in [0.717, 1.165) is 37.8 Å². The van der Waals surface area contributed by atoms with Gasteiger partial charge in [0.25, 0.3) is 0 Å². The molecule has 0 spiro atoms. The van der Waals surface area contributed by atoms with Gasteiger partial charge in [-0.2, -0.15) is 0 Å². The molecule has 0 aromatic rings. The topological polar surface area (TPSA) is 9.23 Å². The summed E-state index contributed by atoms with van der Waals surface area (Å²) in [6, 6.07) is 0. The molecule has 68 valence electrons. The van der Waals surface area contributed by atoms with Crippen LogP contribution in [0.2, 0.25) is 0 Å². The van der Waals surface area contributed by atoms with Gasteiger partial charge >= 0.3 is 0 Å². The van der Waals surface area contributed by atoms with Gasteiger partial charge in [0, 0.05) is 18.5 Å². The van der Waals surface area contributed by atoms with Crippen LogP contribution in [0, 0.1) is 5.41 Å². The summed E-state index contributed by atoms with van der Waals surface area (Å²) < 4.78 is 5.34. The van der Waals surface area contributed by atoms with Crippen molar-refractivity contribution in [3.8, 4) is 0 Å². The Morgan fingerprint density at radius 1 is 1.50 bits per heavy atom. The van der Waals surface area contributed by atoms with Crippen LogP contribution in [-0.4, -0.2) is 18.5 Å². The van der Waals surface area contributed by atoms with Crippen LogP contribution in [0.4, 0.5) is 0 Å². The summed E-state index contributed by atoms with van der Waals surface area (Å²) in [6.07, 6.45) is 5.41. The molecule has 12 heavy (non-hydrogen) atoms. The van der Waals surface area contributed by atoms with E-state index in [-0.39, 0.29) is 0 Å². The summed E-state index contributed by atoms with van der Waals surface area (Å²) in [5.74, 6) is 0. The van der Waals surface area contributed by atoms with E-state index in [1.54, 1.807) is 0 Å². The number of alkyl halides is 1. The second-order valence-electron chi connectivity index (χ2n) is 3.36. The molecule has 0 aromatic heterocycles. The van der Waals surface area contributed by atoms with Crippen LogP contribution in [0.25, 0.3) is 0 Å². The molecule has 0 atom stereocenters. The molecule has 1 aliphatic rings. The largest absolute Gasteiger partial charge is 0.381 e. The lowest BCUT2D eigenvalue weighted by Crippen LogP contribution is -2.30. The summed E-state index contributed by atoms with van der Waals surface area (Å²) >= 11 is 3.57. The van der Waals surface area contributed by atoms with Crippen LogP contribution in [0.5, 0.6) is 0 Å². The fourth-order valence-corrected chi connectivity index (χ4v) is 2.28. The summed E-state index contributed by atoms with van der Waals surface area (Å²) in [5, 5.41) is 1.06. The van der Waals surface area contributed by atoms with Crippen molar-refractivity contribution in [1.29, 1.82) is 0 Å². The Morgan fingerprint density at radius 3 is 2.67 bits per heavy atom. The number of halogens is 1. The minimum atomic E-state index is 0.406. The van der Waals surface area contributed by atoms with Crippen molar-refractivity contribution in [2.75, 3.05) is 18.5 Å². The number of allylic oxidation sites excluding steroid dienone is 1. The number of ether oxygens (including phenoxy) is 1. The standard InChI is InChI=1S/C10H15BrO/c1-2-3-4-10(9-11)5-7-12-8-6-10/h3H,1,4-9H2. The minimum Gasteiger partial charge on any atom is -0.381 e. The van der Waals surface area contributed by atoms with Gasteiger partial charge in [-0.3, -0.25) is 0 Å². The first kappa shape index (κ1) is 10.0. The zero-order valence-electron chi connectivity index (χ0n) is 7.31. The van der Waals surface area contributed by atoms with E-state index in [1.165, 1.54) is 0 Å². The van der Waals surface area contributed by atoms with Gasteiger partial charge in [-0.1, -0.05) is 22.5 Å². The third-order valence-electron chi connectivity index (χ3n) is 2.52. The van der Waals surface area contributed by atoms with E-state index < -0.39 is 0 Å². The molecule has 1 aliphatic heterocycles. The first-order valence-corrected chi connectivity index (χ1v) is 5.43. The quantitative estimate of drug-likeness (QED) is 0.536. The van der Waals surface area contributed by atoms with Gasteiger partial charge in [0.1, 0.15) is 0 Å². The zero-order valence-corrected chi connectivity index (χ0v) is 8.90. The second kappa shape index (κ2) is 4.86. The fourth-order valence-electron chi connectivity index (χ4n) is 1.49. The van der Waals surface area contributed by atoms with Crippen molar-refractivity contribution in [2.45, 2.75) is 19.3 Å². The fraction of sp³-hybridized carbons (Fsp3) is 0.700. The van der Waals surface area contributed by atoms with Gasteiger partial charge in [0.2, 0.25) is 0 Å². The molecule has 1 fully saturated rings. The number of rotatable bonds is 3. The Balaban J connectivity index is 2.53. The minimum absolute atomic E-state index is 0.406. The summed E-state index contributed by atoms with van der Waals surface area (Å²) in [7, 11) is 0. The molecule has 0 radical (unpaired) electrons. The Hall–Kier alpha value is -0.0400. The van der Waals surface area contributed by atoms with Crippen molar-refractivity contribution in [1.82, 2.24) is 0 Å². The van der Waals surface area contributed by atoms with E-state index >= 15 is 0 Å². The highest BCUT2D eigenvalue weighted by molar-refractivity contribution is 9.09. The zero-order chi connectivity index (χ0) is 8.86. The van der Waals surface area contributed by atoms with Crippen LogP contribution in [-0.2, 0) is 4.74 Å². The Bertz CT molecular complexity index is 176. The lowest BCUT2D eigenvalue weighted by atomic mass is 9.79. The highest BCUT2D eigenvalue weighted by Crippen LogP contribution is 2.36. The maximum atomic E-state index is 5.34. The van der Waals surface area contributed by atoms with Gasteiger partial charge in [-0.15, -0.1) is 5.73 Å². The third kappa shape index (κ3) is 2.48. The van der Waals surface area contributed by atoms with Crippen LogP contribution < -0.4 is 0 Å². The SMILES string of the molecule is C=C=CCC1(CBr)CCOCC1. The molecule has 1 nitrogen and oxygen atoms in total. The van der Waals surface area contributed by atoms with E-state index in [9.17, 15) is 0 Å². The maximum Gasteiger partial charge on any atom is 0.0471 e. The highest BCUT2D eigenvalue weighted by Gasteiger charge is 2.29. The Labute approximate surface area is 82.6 Å². The van der Waals surface area contributed by atoms with Crippen molar-refractivity contribution >= 4 is 15.9 Å². The van der Waals surface area contributed by atoms with Crippen LogP contribution in [0.1, 0.15) is 19.3 Å². The van der Waals surface area contributed by atoms with Crippen molar-refractivity contribution < 1.29 is 4.74 Å². The lowest BCUT2D eigenvalue weighted by Gasteiger charge is -2.34. The average Bonchev–Trinajstić information content (AvgIpc) is 2.16. The molecule has 0 aromatic carbocycles. The van der Waals surface area contributed by atoms with E-state index in [2.05, 4.69) is 28.2 Å². The molecule has 0 saturated carbocycles. The summed E-state index contributed by atoms with van der Waals surface area (Å²) in [5.41, 5.74) is 3.24. The van der Waals surface area contributed by atoms with Crippen molar-refractivity contribution in [2.24, 2.45) is 5.41 Å². The number of hydrogen-bond donors (Lipinski definition) is 0. The molecule has 1 saturated heterocycles. The molecule has 0 unspecified atom stereocenters. The second-order valence-corrected chi connectivity index (χ2v) is 3.92. The monoisotopic (exact) mass is 230 g/mol. The Kier molecular flexibility index (Phi) is 4.07. The molecule has 1 heterocycles. The van der Waals surface area contributed by atoms with Gasteiger partial charge in [0.15, 0.2) is 0 Å². The molecular weight excluding hydrogens is 216 g/mol. The molecule has 0 bridgehead atoms. The predicted molar refractivity (Wildman–Crippen MR) is 54.6 cm³/mol. The summed E-state index contributed by atoms with van der Waals surface area (Å²) in [6.45, 7) is 5.38. The van der Waals surface area contributed by atoms with Crippen molar-refractivity contribution in [3.05, 3.63) is 18.4 Å². The molecule has 1 rings (SSSR count). The van der Waals surface area contributed by atoms with E-state index in [0.29, 0.717) is 5.41 Å². The van der Waals surface area contributed by atoms with Crippen LogP contribution in [0.15, 0.2) is 18.4 Å². The average molecular weight is 231 g/mol. The van der Waals surface area contributed by atoms with Gasteiger partial charge in [-0.25, -0.2) is 0 Å². The third-order valence-corrected chi connectivity index (χ3v) is 3.71. The molecule has 0 aliphatic carbocycles. The van der Waals surface area contributed by atoms with Gasteiger partial charge in [0.05, 0.1) is 0 Å². The van der Waals surface area contributed by atoms with E-state index in [4.69, 9.17) is 4.74 Å². The first-order chi connectivity index (χ1) is 5.83. The van der Waals surface area contributed by atoms with Crippen LogP contribution in [0.3, 0.4) is 0 Å².